The molecule has 6 aromatic rings. The van der Waals surface area contributed by atoms with Gasteiger partial charge in [-0.25, -0.2) is 24.7 Å². The summed E-state index contributed by atoms with van der Waals surface area (Å²) in [7, 11) is -2.54. The second-order valence-corrected chi connectivity index (χ2v) is 18.0. The van der Waals surface area contributed by atoms with Crippen LogP contribution in [0.25, 0.3) is 22.3 Å². The van der Waals surface area contributed by atoms with Crippen LogP contribution in [0.15, 0.2) is 60.9 Å². The highest BCUT2D eigenvalue weighted by Crippen LogP contribution is 2.47. The molecule has 0 aliphatic heterocycles. The fraction of sp³-hybridized carbons (Fsp3) is 0.366. The standard InChI is InChI=1S/C20H27N8O4P.C15H15N7O2.C5H14NO3P.CH4/c1-4-31-33(30,32-5-2)12-24-19(29)13-6-8-15(9-7-13)28(3)11-14-10-23-18-16(25-14)17(21)26-20(22)27-18;1-22(10-4-2-8(3-5-10)14(23)24)7-9-6-18-13-11(19-9)12(16)20-15(17)21-13;1-3-8-10(7,5-6)9-4-2;/h6-10H,4-5,11-12H2,1-3H3,(H,24,29)(H4,21,22,23,26,27);2-6H,7H2,1H3,(H,23,24)(H4,16,17,18,20,21);3-6H2,1-2H3;1H4. The first-order chi connectivity index (χ1) is 31.9. The highest BCUT2D eigenvalue weighted by atomic mass is 31.2. The monoisotopic (exact) mass is 982 g/mol. The van der Waals surface area contributed by atoms with Crippen molar-refractivity contribution in [1.29, 1.82) is 0 Å². The topological polar surface area (TPSA) is 377 Å². The summed E-state index contributed by atoms with van der Waals surface area (Å²) in [5.41, 5.74) is 33.1. The maximum absolute atomic E-state index is 12.5. The summed E-state index contributed by atoms with van der Waals surface area (Å²) in [5.74, 6) is -0.888. The van der Waals surface area contributed by atoms with Crippen LogP contribution in [0.2, 0.25) is 0 Å². The summed E-state index contributed by atoms with van der Waals surface area (Å²) < 4.78 is 43.7. The molecular formula is C41H60N16O9P2. The highest BCUT2D eigenvalue weighted by molar-refractivity contribution is 7.54. The number of anilines is 6. The SMILES string of the molecule is C.CCOP(=O)(CN)OCC.CCOP(=O)(CNC(=O)c1ccc(N(C)Cc2cnc3nc(N)nc(N)c3n2)cc1)OCC.CN(Cc1cnc2nc(N)nc(N)c2n1)c1ccc(C(=O)O)cc1. The van der Waals surface area contributed by atoms with E-state index in [0.717, 1.165) is 11.4 Å². The fourth-order valence-electron chi connectivity index (χ4n) is 5.84. The van der Waals surface area contributed by atoms with E-state index in [0.29, 0.717) is 65.6 Å². The van der Waals surface area contributed by atoms with E-state index >= 15 is 0 Å². The van der Waals surface area contributed by atoms with Crippen LogP contribution >= 0.6 is 15.2 Å². The molecule has 0 aliphatic rings. The van der Waals surface area contributed by atoms with Gasteiger partial charge in [-0.2, -0.15) is 19.9 Å². The molecule has 0 fully saturated rings. The van der Waals surface area contributed by atoms with E-state index < -0.39 is 21.2 Å². The number of fused-ring (bicyclic) bond motifs is 2. The number of carboxylic acid groups (broad SMARTS) is 1. The lowest BCUT2D eigenvalue weighted by molar-refractivity contribution is 0.0696. The third kappa shape index (κ3) is 16.0. The van der Waals surface area contributed by atoms with Gasteiger partial charge in [0, 0.05) is 31.0 Å². The zero-order chi connectivity index (χ0) is 49.3. The predicted molar refractivity (Wildman–Crippen MR) is 262 cm³/mol. The van der Waals surface area contributed by atoms with Crippen molar-refractivity contribution in [3.63, 3.8) is 0 Å². The molecule has 6 rings (SSSR count). The number of nitrogens with one attached hydrogen (secondary N) is 1. The Balaban J connectivity index is 0.000000306. The number of rotatable bonds is 19. The molecule has 27 heteroatoms. The number of nitrogen functional groups attached to an aromatic ring is 4. The summed E-state index contributed by atoms with van der Waals surface area (Å²) >= 11 is 0. The third-order valence-corrected chi connectivity index (χ3v) is 12.5. The van der Waals surface area contributed by atoms with E-state index in [9.17, 15) is 18.7 Å². The molecule has 0 saturated heterocycles. The van der Waals surface area contributed by atoms with Gasteiger partial charge in [-0.15, -0.1) is 0 Å². The number of benzene rings is 2. The van der Waals surface area contributed by atoms with Gasteiger partial charge in [-0.3, -0.25) is 13.9 Å². The van der Waals surface area contributed by atoms with Crippen molar-refractivity contribution in [3.05, 3.63) is 83.4 Å². The van der Waals surface area contributed by atoms with Gasteiger partial charge in [0.15, 0.2) is 34.0 Å². The van der Waals surface area contributed by atoms with Crippen LogP contribution in [0.1, 0.15) is 67.2 Å². The van der Waals surface area contributed by atoms with Gasteiger partial charge in [0.25, 0.3) is 5.91 Å². The summed E-state index contributed by atoms with van der Waals surface area (Å²) in [5, 5.41) is 11.5. The molecule has 25 nitrogen and oxygen atoms in total. The quantitative estimate of drug-likeness (QED) is 0.0531. The van der Waals surface area contributed by atoms with Crippen LogP contribution in [-0.4, -0.2) is 110 Å². The smallest absolute Gasteiger partial charge is 0.349 e. The fourth-order valence-corrected chi connectivity index (χ4v) is 8.29. The molecule has 4 heterocycles. The molecule has 0 radical (unpaired) electrons. The Labute approximate surface area is 393 Å². The maximum Gasteiger partial charge on any atom is 0.349 e. The Morgan fingerprint density at radius 1 is 0.618 bits per heavy atom. The molecule has 0 atom stereocenters. The normalized spacial score (nSPS) is 11.1. The van der Waals surface area contributed by atoms with Crippen molar-refractivity contribution < 1.29 is 41.9 Å². The van der Waals surface area contributed by atoms with Gasteiger partial charge in [-0.05, 0) is 76.2 Å². The Kier molecular flexibility index (Phi) is 21.3. The lowest BCUT2D eigenvalue weighted by atomic mass is 10.2. The minimum Gasteiger partial charge on any atom is -0.478 e. The van der Waals surface area contributed by atoms with Gasteiger partial charge >= 0.3 is 21.2 Å². The number of hydrogen-bond acceptors (Lipinski definition) is 23. The van der Waals surface area contributed by atoms with E-state index in [-0.39, 0.29) is 68.2 Å². The van der Waals surface area contributed by atoms with E-state index in [4.69, 9.17) is 51.9 Å². The van der Waals surface area contributed by atoms with E-state index in [2.05, 4.69) is 45.2 Å². The summed E-state index contributed by atoms with van der Waals surface area (Å²) in [6.07, 6.45) is 2.95. The van der Waals surface area contributed by atoms with E-state index in [1.165, 1.54) is 0 Å². The minimum atomic E-state index is -3.36. The number of aromatic nitrogens is 8. The summed E-state index contributed by atoms with van der Waals surface area (Å²) in [6.45, 7) is 9.01. The van der Waals surface area contributed by atoms with Crippen molar-refractivity contribution in [2.75, 3.05) is 85.8 Å². The number of carbonyl (C=O) groups excluding carboxylic acids is 1. The van der Waals surface area contributed by atoms with E-state index in [1.54, 1.807) is 88.6 Å². The Morgan fingerprint density at radius 2 is 1.00 bits per heavy atom. The highest BCUT2D eigenvalue weighted by Gasteiger charge is 2.25. The second kappa shape index (κ2) is 26.0. The number of carbonyl (C=O) groups is 2. The number of amides is 1. The first kappa shape index (κ1) is 55.6. The average Bonchev–Trinajstić information content (AvgIpc) is 3.29. The van der Waals surface area contributed by atoms with Crippen LogP contribution in [0.5, 0.6) is 0 Å². The lowest BCUT2D eigenvalue weighted by Crippen LogP contribution is -2.26. The zero-order valence-corrected chi connectivity index (χ0v) is 39.7. The molecule has 0 spiro atoms. The van der Waals surface area contributed by atoms with Crippen molar-refractivity contribution in [2.45, 2.75) is 48.2 Å². The van der Waals surface area contributed by atoms with Crippen LogP contribution in [0, 0.1) is 0 Å². The van der Waals surface area contributed by atoms with Crippen LogP contribution in [0.3, 0.4) is 0 Å². The van der Waals surface area contributed by atoms with E-state index in [1.807, 2.05) is 23.9 Å². The Morgan fingerprint density at radius 3 is 1.37 bits per heavy atom. The molecule has 2 aromatic carbocycles. The van der Waals surface area contributed by atoms with Crippen molar-refractivity contribution in [1.82, 2.24) is 45.2 Å². The summed E-state index contributed by atoms with van der Waals surface area (Å²) in [6, 6.07) is 13.5. The van der Waals surface area contributed by atoms with Crippen molar-refractivity contribution >= 4 is 84.3 Å². The van der Waals surface area contributed by atoms with Crippen molar-refractivity contribution in [3.8, 4) is 0 Å². The molecule has 1 amide bonds. The Bertz CT molecular complexity index is 2680. The number of carboxylic acids is 1. The number of nitrogens with two attached hydrogens (primary N) is 5. The van der Waals surface area contributed by atoms with Gasteiger partial charge < -0.3 is 67.0 Å². The second-order valence-electron chi connectivity index (χ2n) is 13.9. The zero-order valence-electron chi connectivity index (χ0n) is 37.9. The first-order valence-corrected chi connectivity index (χ1v) is 24.0. The van der Waals surface area contributed by atoms with Gasteiger partial charge in [-0.1, -0.05) is 7.43 Å². The Hall–Kier alpha value is -6.72. The molecule has 68 heavy (non-hydrogen) atoms. The van der Waals surface area contributed by atoms with Crippen LogP contribution in [0.4, 0.5) is 34.9 Å². The third-order valence-electron chi connectivity index (χ3n) is 8.89. The van der Waals surface area contributed by atoms with Crippen LogP contribution in [-0.2, 0) is 40.3 Å². The number of hydrogen-bond donors (Lipinski definition) is 7. The molecule has 4 aromatic heterocycles. The number of nitrogens with zero attached hydrogens (tertiary/aromatic N) is 10. The molecule has 0 aliphatic carbocycles. The van der Waals surface area contributed by atoms with Crippen LogP contribution < -0.4 is 43.8 Å². The molecule has 368 valence electrons. The summed E-state index contributed by atoms with van der Waals surface area (Å²) in [4.78, 5) is 60.3. The molecular weight excluding hydrogens is 923 g/mol. The van der Waals surface area contributed by atoms with Gasteiger partial charge in [0.2, 0.25) is 11.9 Å². The predicted octanol–water partition coefficient (Wildman–Crippen LogP) is 4.90. The molecule has 12 N–H and O–H groups in total. The lowest BCUT2D eigenvalue weighted by Gasteiger charge is -2.19. The maximum atomic E-state index is 12.5. The number of aromatic carboxylic acids is 1. The van der Waals surface area contributed by atoms with Crippen molar-refractivity contribution in [2.24, 2.45) is 5.73 Å². The molecule has 0 saturated carbocycles. The van der Waals surface area contributed by atoms with Gasteiger partial charge in [0.1, 0.15) is 6.29 Å². The first-order valence-electron chi connectivity index (χ1n) is 20.6. The average molecular weight is 983 g/mol. The molecule has 0 bridgehead atoms. The molecule has 0 unspecified atom stereocenters. The largest absolute Gasteiger partial charge is 0.478 e. The minimum absolute atomic E-state index is 0. The van der Waals surface area contributed by atoms with Gasteiger partial charge in [0.05, 0.1) is 75.1 Å².